The average molecular weight is 102 g/mol. The molecule has 0 N–H and O–H groups in total. The third-order valence-corrected chi connectivity index (χ3v) is 1.17. The summed E-state index contributed by atoms with van der Waals surface area (Å²) < 4.78 is 9.53. The monoisotopic (exact) mass is 102 g/mol. The number of hydrogen-bond donors (Lipinski definition) is 0. The SMILES string of the molecule is CCCSB=O. The van der Waals surface area contributed by atoms with Gasteiger partial charge in [0, 0.05) is 0 Å². The van der Waals surface area contributed by atoms with Crippen molar-refractivity contribution in [1.29, 1.82) is 0 Å². The topological polar surface area (TPSA) is 17.1 Å². The Morgan fingerprint density at radius 3 is 2.67 bits per heavy atom. The first-order chi connectivity index (χ1) is 2.91. The molecule has 0 aromatic carbocycles. The van der Waals surface area contributed by atoms with E-state index in [-0.39, 0.29) is 0 Å². The van der Waals surface area contributed by atoms with E-state index >= 15 is 0 Å². The second-order valence-corrected chi connectivity index (χ2v) is 1.90. The molecule has 0 aromatic rings. The van der Waals surface area contributed by atoms with Gasteiger partial charge in [0.2, 0.25) is 0 Å². The summed E-state index contributed by atoms with van der Waals surface area (Å²) in [6.07, 6.45) is 1.97. The Bertz CT molecular complexity index is 39.8. The molecule has 0 saturated carbocycles. The third kappa shape index (κ3) is 4.21. The summed E-state index contributed by atoms with van der Waals surface area (Å²) in [6.45, 7) is 2.05. The minimum absolute atomic E-state index is 0.878. The van der Waals surface area contributed by atoms with Crippen molar-refractivity contribution in [2.24, 2.45) is 0 Å². The van der Waals surface area contributed by atoms with Gasteiger partial charge in [-0.15, -0.1) is 0 Å². The summed E-state index contributed by atoms with van der Waals surface area (Å²) >= 11 is 1.33. The summed E-state index contributed by atoms with van der Waals surface area (Å²) in [5.41, 5.74) is 0. The molecule has 0 aromatic heterocycles. The zero-order valence-electron chi connectivity index (χ0n) is 3.81. The summed E-state index contributed by atoms with van der Waals surface area (Å²) in [6, 6.07) is 0. The summed E-state index contributed by atoms with van der Waals surface area (Å²) in [4.78, 5) is 0. The van der Waals surface area contributed by atoms with Crippen LogP contribution in [-0.2, 0) is 4.70 Å². The first-order valence-electron chi connectivity index (χ1n) is 1.97. The van der Waals surface area contributed by atoms with Crippen LogP contribution in [0.2, 0.25) is 0 Å². The van der Waals surface area contributed by atoms with E-state index in [1.807, 2.05) is 0 Å². The molecule has 0 atom stereocenters. The predicted molar refractivity (Wildman–Crippen MR) is 29.2 cm³/mol. The fourth-order valence-electron chi connectivity index (χ4n) is 0.166. The molecule has 0 aliphatic rings. The van der Waals surface area contributed by atoms with E-state index in [4.69, 9.17) is 0 Å². The minimum atomic E-state index is 0.878. The molecule has 34 valence electrons. The van der Waals surface area contributed by atoms with Gasteiger partial charge in [0.05, 0.1) is 0 Å². The first kappa shape index (κ1) is 6.21. The molecule has 0 unspecified atom stereocenters. The summed E-state index contributed by atoms with van der Waals surface area (Å²) in [7, 11) is 0. The Labute approximate surface area is 42.7 Å². The fraction of sp³-hybridized carbons (Fsp3) is 1.00. The van der Waals surface area contributed by atoms with Crippen molar-refractivity contribution in [3.05, 3.63) is 0 Å². The zero-order valence-corrected chi connectivity index (χ0v) is 4.62. The van der Waals surface area contributed by atoms with Crippen LogP contribution in [0, 0.1) is 0 Å². The molecule has 3 heteroatoms. The van der Waals surface area contributed by atoms with Crippen LogP contribution in [0.25, 0.3) is 0 Å². The molecule has 0 saturated heterocycles. The third-order valence-electron chi connectivity index (χ3n) is 0.390. The molecule has 0 amide bonds. The van der Waals surface area contributed by atoms with Crippen LogP contribution in [0.15, 0.2) is 0 Å². The average Bonchev–Trinajstić information content (AvgIpc) is 1.61. The molecule has 1 nitrogen and oxygen atoms in total. The molecular weight excluding hydrogens is 94.9 g/mol. The van der Waals surface area contributed by atoms with Gasteiger partial charge in [-0.25, -0.2) is 0 Å². The van der Waals surface area contributed by atoms with E-state index in [9.17, 15) is 4.70 Å². The van der Waals surface area contributed by atoms with Crippen molar-refractivity contribution in [3.8, 4) is 0 Å². The van der Waals surface area contributed by atoms with E-state index in [1.165, 1.54) is 11.6 Å². The second kappa shape index (κ2) is 5.21. The van der Waals surface area contributed by atoms with Crippen molar-refractivity contribution in [2.45, 2.75) is 13.3 Å². The van der Waals surface area contributed by atoms with E-state index in [2.05, 4.69) is 6.92 Å². The Morgan fingerprint density at radius 2 is 2.50 bits per heavy atom. The molecule has 0 heterocycles. The molecule has 0 aliphatic carbocycles. The predicted octanol–water partition coefficient (Wildman–Crippen LogP) is 1.09. The van der Waals surface area contributed by atoms with E-state index in [1.54, 1.807) is 0 Å². The quantitative estimate of drug-likeness (QED) is 0.392. The summed E-state index contributed by atoms with van der Waals surface area (Å²) in [5, 5.41) is 0. The van der Waals surface area contributed by atoms with Gasteiger partial charge < -0.3 is 0 Å². The van der Waals surface area contributed by atoms with Crippen LogP contribution < -0.4 is 0 Å². The van der Waals surface area contributed by atoms with Gasteiger partial charge in [0.15, 0.2) is 0 Å². The van der Waals surface area contributed by atoms with E-state index in [0.29, 0.717) is 0 Å². The van der Waals surface area contributed by atoms with Crippen molar-refractivity contribution >= 4 is 18.0 Å². The Balaban J connectivity index is 2.49. The molecular formula is C3H7BOS. The van der Waals surface area contributed by atoms with E-state index in [0.717, 1.165) is 18.6 Å². The molecule has 0 aliphatic heterocycles. The number of hydrogen-bond acceptors (Lipinski definition) is 2. The van der Waals surface area contributed by atoms with Gasteiger partial charge in [-0.1, -0.05) is 0 Å². The molecule has 0 spiro atoms. The standard InChI is InChI=1S/C3H7BOS/c1-2-3-6-4-5/h2-3H2,1H3. The van der Waals surface area contributed by atoms with E-state index < -0.39 is 0 Å². The van der Waals surface area contributed by atoms with Gasteiger partial charge in [0.1, 0.15) is 0 Å². The van der Waals surface area contributed by atoms with Gasteiger partial charge in [-0.3, -0.25) is 0 Å². The molecule has 0 radical (unpaired) electrons. The van der Waals surface area contributed by atoms with Gasteiger partial charge >= 0.3 is 41.8 Å². The maximum atomic E-state index is 9.53. The van der Waals surface area contributed by atoms with Crippen molar-refractivity contribution in [2.75, 3.05) is 5.75 Å². The fourth-order valence-corrected chi connectivity index (χ4v) is 0.498. The number of rotatable bonds is 3. The second-order valence-electron chi connectivity index (χ2n) is 0.967. The Kier molecular flexibility index (Phi) is 5.40. The molecule has 0 bridgehead atoms. The van der Waals surface area contributed by atoms with Crippen LogP contribution in [0.4, 0.5) is 0 Å². The van der Waals surface area contributed by atoms with Gasteiger partial charge in [0.25, 0.3) is 0 Å². The van der Waals surface area contributed by atoms with Crippen molar-refractivity contribution in [3.63, 3.8) is 0 Å². The summed E-state index contributed by atoms with van der Waals surface area (Å²) in [5.74, 6) is 0.962. The molecule has 6 heavy (non-hydrogen) atoms. The molecule has 0 rings (SSSR count). The van der Waals surface area contributed by atoms with Crippen LogP contribution in [-0.4, -0.2) is 12.2 Å². The van der Waals surface area contributed by atoms with Crippen LogP contribution in [0.1, 0.15) is 13.3 Å². The Hall–Kier alpha value is 0.215. The van der Waals surface area contributed by atoms with Gasteiger partial charge in [-0.2, -0.15) is 0 Å². The zero-order chi connectivity index (χ0) is 4.83. The molecule has 0 fully saturated rings. The van der Waals surface area contributed by atoms with Crippen LogP contribution >= 0.6 is 11.6 Å². The normalized spacial score (nSPS) is 7.50. The first-order valence-corrected chi connectivity index (χ1v) is 3.02. The Morgan fingerprint density at radius 1 is 1.83 bits per heavy atom. The van der Waals surface area contributed by atoms with Crippen molar-refractivity contribution in [1.82, 2.24) is 0 Å². The van der Waals surface area contributed by atoms with Crippen molar-refractivity contribution < 1.29 is 4.70 Å². The van der Waals surface area contributed by atoms with Crippen LogP contribution in [0.3, 0.4) is 0 Å². The van der Waals surface area contributed by atoms with Crippen LogP contribution in [0.5, 0.6) is 0 Å². The van der Waals surface area contributed by atoms with Gasteiger partial charge in [-0.05, 0) is 0 Å². The maximum absolute atomic E-state index is 9.53.